The van der Waals surface area contributed by atoms with Crippen LogP contribution in [0.15, 0.2) is 183 Å². The van der Waals surface area contributed by atoms with Gasteiger partial charge in [0.1, 0.15) is 27.8 Å². The quantitative estimate of drug-likeness (QED) is 0.177. The van der Waals surface area contributed by atoms with Gasteiger partial charge < -0.3 is 18.2 Å². The Morgan fingerprint density at radius 2 is 1.05 bits per heavy atom. The number of thiophene rings is 1. The molecule has 258 valence electrons. The number of anilines is 3. The first-order valence-corrected chi connectivity index (χ1v) is 19.1. The van der Waals surface area contributed by atoms with Gasteiger partial charge in [0.05, 0.1) is 5.39 Å². The maximum atomic E-state index is 6.43. The van der Waals surface area contributed by atoms with Crippen LogP contribution in [0.2, 0.25) is 0 Å². The van der Waals surface area contributed by atoms with Gasteiger partial charge in [-0.05, 0) is 96.1 Å². The molecule has 6 heteroatoms. The van der Waals surface area contributed by atoms with Gasteiger partial charge in [-0.1, -0.05) is 78.9 Å². The topological polar surface area (TPSA) is 55.6 Å². The number of fused-ring (bicyclic) bond motifs is 11. The minimum Gasteiger partial charge on any atom is -0.456 e. The first-order chi connectivity index (χ1) is 27.2. The van der Waals surface area contributed by atoms with Crippen LogP contribution in [-0.4, -0.2) is 4.98 Å². The first-order valence-electron chi connectivity index (χ1n) is 18.3. The molecule has 0 N–H and O–H groups in total. The van der Waals surface area contributed by atoms with Crippen molar-refractivity contribution in [1.82, 2.24) is 4.98 Å². The molecule has 55 heavy (non-hydrogen) atoms. The van der Waals surface area contributed by atoms with Crippen LogP contribution in [-0.2, 0) is 0 Å². The van der Waals surface area contributed by atoms with Gasteiger partial charge in [0.15, 0.2) is 5.58 Å². The minimum absolute atomic E-state index is 0.601. The molecule has 0 amide bonds. The molecule has 0 atom stereocenters. The number of benzene rings is 8. The maximum Gasteiger partial charge on any atom is 0.227 e. The van der Waals surface area contributed by atoms with E-state index in [0.717, 1.165) is 88.7 Å². The summed E-state index contributed by atoms with van der Waals surface area (Å²) in [6.45, 7) is 0. The third kappa shape index (κ3) is 4.75. The van der Waals surface area contributed by atoms with Crippen LogP contribution in [0.4, 0.5) is 17.1 Å². The summed E-state index contributed by atoms with van der Waals surface area (Å²) < 4.78 is 21.7. The van der Waals surface area contributed by atoms with Gasteiger partial charge in [0.25, 0.3) is 0 Å². The Bertz CT molecular complexity index is 3330. The Morgan fingerprint density at radius 3 is 1.95 bits per heavy atom. The largest absolute Gasteiger partial charge is 0.456 e. The molecule has 8 aromatic carbocycles. The first kappa shape index (κ1) is 30.3. The summed E-state index contributed by atoms with van der Waals surface area (Å²) >= 11 is 1.83. The predicted octanol–water partition coefficient (Wildman–Crippen LogP) is 14.8. The number of hydrogen-bond acceptors (Lipinski definition) is 6. The molecule has 4 heterocycles. The summed E-state index contributed by atoms with van der Waals surface area (Å²) in [6.07, 6.45) is 0. The van der Waals surface area contributed by atoms with E-state index in [-0.39, 0.29) is 0 Å². The summed E-state index contributed by atoms with van der Waals surface area (Å²) in [5.74, 6) is 0.601. The van der Waals surface area contributed by atoms with Crippen LogP contribution in [0.3, 0.4) is 0 Å². The zero-order valence-corrected chi connectivity index (χ0v) is 30.0. The smallest absolute Gasteiger partial charge is 0.227 e. The number of hydrogen-bond donors (Lipinski definition) is 0. The van der Waals surface area contributed by atoms with Gasteiger partial charge >= 0.3 is 0 Å². The van der Waals surface area contributed by atoms with Crippen LogP contribution < -0.4 is 4.90 Å². The average molecular weight is 725 g/mol. The van der Waals surface area contributed by atoms with E-state index in [4.69, 9.17) is 18.2 Å². The van der Waals surface area contributed by atoms with Gasteiger partial charge in [-0.2, -0.15) is 0 Å². The third-order valence-electron chi connectivity index (χ3n) is 10.7. The van der Waals surface area contributed by atoms with Crippen molar-refractivity contribution in [2.45, 2.75) is 0 Å². The van der Waals surface area contributed by atoms with E-state index in [1.54, 1.807) is 0 Å². The minimum atomic E-state index is 0.601. The van der Waals surface area contributed by atoms with Gasteiger partial charge in [-0.3, -0.25) is 0 Å². The van der Waals surface area contributed by atoms with Crippen LogP contribution in [0.5, 0.6) is 0 Å². The van der Waals surface area contributed by atoms with Crippen molar-refractivity contribution in [3.8, 4) is 22.6 Å². The lowest BCUT2D eigenvalue weighted by Gasteiger charge is -2.26. The highest BCUT2D eigenvalue weighted by molar-refractivity contribution is 7.25. The normalized spacial score (nSPS) is 12.0. The number of furan rings is 2. The van der Waals surface area contributed by atoms with E-state index in [1.807, 2.05) is 65.9 Å². The molecule has 4 aromatic heterocycles. The molecule has 12 aromatic rings. The average Bonchev–Trinajstić information content (AvgIpc) is 4.02. The second-order valence-corrected chi connectivity index (χ2v) is 15.0. The van der Waals surface area contributed by atoms with E-state index >= 15 is 0 Å². The number of aromatic nitrogens is 1. The number of rotatable bonds is 5. The SMILES string of the molecule is c1ccc(-c2nc3ccc4oc5cc(-c6ccc(N(c7ccc8c(c7)oc7ccccc78)c7ccc8c(c7)sc7ccccc78)cc6)ccc5c4c3o2)cc1. The Labute approximate surface area is 317 Å². The van der Waals surface area contributed by atoms with E-state index < -0.39 is 0 Å². The maximum absolute atomic E-state index is 6.43. The number of oxazole rings is 1. The highest BCUT2D eigenvalue weighted by Gasteiger charge is 2.19. The highest BCUT2D eigenvalue weighted by atomic mass is 32.1. The fraction of sp³-hybridized carbons (Fsp3) is 0. The van der Waals surface area contributed by atoms with E-state index in [2.05, 4.69) is 120 Å². The molecule has 0 aliphatic rings. The predicted molar refractivity (Wildman–Crippen MR) is 227 cm³/mol. The van der Waals surface area contributed by atoms with Crippen LogP contribution >= 0.6 is 11.3 Å². The Morgan fingerprint density at radius 1 is 0.400 bits per heavy atom. The fourth-order valence-electron chi connectivity index (χ4n) is 8.09. The summed E-state index contributed by atoms with van der Waals surface area (Å²) in [6, 6.07) is 59.2. The molecule has 0 spiro atoms. The molecule has 0 aliphatic heterocycles. The van der Waals surface area contributed by atoms with Gasteiger partial charge in [-0.15, -0.1) is 11.3 Å². The van der Waals surface area contributed by atoms with Crippen LogP contribution in [0, 0.1) is 0 Å². The molecular weight excluding hydrogens is 697 g/mol. The molecule has 0 radical (unpaired) electrons. The fourth-order valence-corrected chi connectivity index (χ4v) is 9.23. The molecule has 0 saturated heterocycles. The number of nitrogens with zero attached hydrogens (tertiary/aromatic N) is 2. The summed E-state index contributed by atoms with van der Waals surface area (Å²) in [7, 11) is 0. The van der Waals surface area contributed by atoms with Crippen LogP contribution in [0.1, 0.15) is 0 Å². The Hall–Kier alpha value is -7.15. The molecule has 0 aliphatic carbocycles. The van der Waals surface area contributed by atoms with Gasteiger partial charge in [0.2, 0.25) is 5.89 Å². The lowest BCUT2D eigenvalue weighted by atomic mass is 10.0. The van der Waals surface area contributed by atoms with E-state index in [1.165, 1.54) is 20.2 Å². The van der Waals surface area contributed by atoms with Crippen LogP contribution in [0.25, 0.3) is 97.7 Å². The molecule has 12 rings (SSSR count). The van der Waals surface area contributed by atoms with Crippen molar-refractivity contribution in [1.29, 1.82) is 0 Å². The summed E-state index contributed by atoms with van der Waals surface area (Å²) in [5, 5.41) is 6.73. The molecule has 0 saturated carbocycles. The number of para-hydroxylation sites is 1. The summed E-state index contributed by atoms with van der Waals surface area (Å²) in [4.78, 5) is 7.10. The van der Waals surface area contributed by atoms with E-state index in [9.17, 15) is 0 Å². The molecule has 0 fully saturated rings. The Balaban J connectivity index is 0.956. The molecule has 5 nitrogen and oxygen atoms in total. The monoisotopic (exact) mass is 724 g/mol. The second kappa shape index (κ2) is 11.7. The Kier molecular flexibility index (Phi) is 6.44. The zero-order chi connectivity index (χ0) is 36.0. The molecule has 0 bridgehead atoms. The van der Waals surface area contributed by atoms with Crippen molar-refractivity contribution in [3.63, 3.8) is 0 Å². The lowest BCUT2D eigenvalue weighted by Crippen LogP contribution is -2.09. The zero-order valence-electron chi connectivity index (χ0n) is 29.2. The summed E-state index contributed by atoms with van der Waals surface area (Å²) in [5.41, 5.74) is 11.1. The van der Waals surface area contributed by atoms with Crippen molar-refractivity contribution >= 4 is 104 Å². The second-order valence-electron chi connectivity index (χ2n) is 13.9. The van der Waals surface area contributed by atoms with Crippen molar-refractivity contribution in [3.05, 3.63) is 170 Å². The molecular formula is C49H28N2O3S. The van der Waals surface area contributed by atoms with Gasteiger partial charge in [-0.25, -0.2) is 4.98 Å². The van der Waals surface area contributed by atoms with E-state index in [0.29, 0.717) is 5.89 Å². The van der Waals surface area contributed by atoms with Crippen molar-refractivity contribution < 1.29 is 13.3 Å². The standard InChI is InChI=1S/C49H28N2O3S/c1-2-8-30(9-3-1)49-50-40-24-25-42-47(48(40)54-49)39-21-16-31(26-43(39)53-42)29-14-17-32(18-15-29)51(33-19-22-36-35-10-4-6-12-41(35)52-44(36)27-33)34-20-23-38-37-11-5-7-13-45(37)55-46(38)28-34/h1-28H. The third-order valence-corrected chi connectivity index (χ3v) is 11.8. The van der Waals surface area contributed by atoms with Gasteiger partial charge in [0, 0.05) is 65.0 Å². The molecule has 0 unspecified atom stereocenters. The van der Waals surface area contributed by atoms with Crippen molar-refractivity contribution in [2.75, 3.05) is 4.90 Å². The highest BCUT2D eigenvalue weighted by Crippen LogP contribution is 2.43. The van der Waals surface area contributed by atoms with Crippen molar-refractivity contribution in [2.24, 2.45) is 0 Å². The lowest BCUT2D eigenvalue weighted by molar-refractivity contribution is 0.622.